The van der Waals surface area contributed by atoms with Gasteiger partial charge in [-0.3, -0.25) is 0 Å². The second kappa shape index (κ2) is 5.31. The van der Waals surface area contributed by atoms with Gasteiger partial charge < -0.3 is 4.74 Å². The molecular formula is C13H11IN4O2. The lowest BCUT2D eigenvalue weighted by Crippen LogP contribution is -2.02. The highest BCUT2D eigenvalue weighted by atomic mass is 127. The molecule has 0 bridgehead atoms. The molecule has 102 valence electrons. The van der Waals surface area contributed by atoms with Crippen LogP contribution in [0.25, 0.3) is 11.3 Å². The van der Waals surface area contributed by atoms with Crippen LogP contribution in [0.3, 0.4) is 0 Å². The first-order chi connectivity index (χ1) is 9.67. The van der Waals surface area contributed by atoms with Crippen molar-refractivity contribution in [2.45, 2.75) is 13.3 Å². The summed E-state index contributed by atoms with van der Waals surface area (Å²) in [5, 5.41) is 7.38. The lowest BCUT2D eigenvalue weighted by atomic mass is 10.1. The number of fused-ring (bicyclic) bond motifs is 1. The average molecular weight is 382 g/mol. The Labute approximate surface area is 128 Å². The first kappa shape index (κ1) is 13.2. The molecule has 0 saturated carbocycles. The van der Waals surface area contributed by atoms with Gasteiger partial charge in [0.15, 0.2) is 0 Å². The number of hydrogen-bond donors (Lipinski definition) is 0. The number of hydrogen-bond acceptors (Lipinski definition) is 6. The highest BCUT2D eigenvalue weighted by molar-refractivity contribution is 14.1. The molecular weight excluding hydrogens is 371 g/mol. The number of aromatic nitrogens is 4. The van der Waals surface area contributed by atoms with E-state index in [0.717, 1.165) is 5.69 Å². The van der Waals surface area contributed by atoms with E-state index in [1.807, 2.05) is 0 Å². The monoisotopic (exact) mass is 382 g/mol. The van der Waals surface area contributed by atoms with E-state index in [1.165, 1.54) is 14.7 Å². The summed E-state index contributed by atoms with van der Waals surface area (Å²) in [5.74, 6) is 0.449. The predicted octanol–water partition coefficient (Wildman–Crippen LogP) is 2.53. The molecule has 0 unspecified atom stereocenters. The largest absolute Gasteiger partial charge is 0.480 e. The molecule has 0 N–H and O–H groups in total. The molecule has 0 aliphatic rings. The van der Waals surface area contributed by atoms with Crippen LogP contribution in [0.2, 0.25) is 0 Å². The van der Waals surface area contributed by atoms with Crippen LogP contribution in [0.15, 0.2) is 22.8 Å². The second-order valence-corrected chi connectivity index (χ2v) is 5.52. The van der Waals surface area contributed by atoms with Gasteiger partial charge in [0, 0.05) is 9.99 Å². The fourth-order valence-corrected chi connectivity index (χ4v) is 2.77. The van der Waals surface area contributed by atoms with E-state index in [4.69, 9.17) is 4.74 Å². The van der Waals surface area contributed by atoms with Gasteiger partial charge in [-0.1, -0.05) is 17.7 Å². The molecule has 0 amide bonds. The van der Waals surface area contributed by atoms with Crippen molar-refractivity contribution in [3.63, 3.8) is 0 Å². The van der Waals surface area contributed by atoms with Crippen LogP contribution in [0.4, 0.5) is 0 Å². The van der Waals surface area contributed by atoms with Gasteiger partial charge in [-0.25, -0.2) is 9.61 Å². The van der Waals surface area contributed by atoms with E-state index in [-0.39, 0.29) is 0 Å². The van der Waals surface area contributed by atoms with Gasteiger partial charge in [0.05, 0.1) is 7.11 Å². The summed E-state index contributed by atoms with van der Waals surface area (Å²) in [5.41, 5.74) is 3.86. The van der Waals surface area contributed by atoms with Gasteiger partial charge in [-0.2, -0.15) is 4.98 Å². The Hall–Kier alpha value is -1.77. The Balaban J connectivity index is 2.04. The average Bonchev–Trinajstić information content (AvgIpc) is 2.88. The topological polar surface area (TPSA) is 73.9 Å². The fraction of sp³-hybridized carbons (Fsp3) is 0.231. The van der Waals surface area contributed by atoms with Crippen LogP contribution in [-0.4, -0.2) is 27.4 Å². The third-order valence-corrected chi connectivity index (χ3v) is 3.91. The van der Waals surface area contributed by atoms with E-state index in [9.17, 15) is 0 Å². The van der Waals surface area contributed by atoms with E-state index < -0.39 is 0 Å². The Morgan fingerprint density at radius 1 is 1.20 bits per heavy atom. The molecule has 0 spiro atoms. The first-order valence-electron chi connectivity index (χ1n) is 5.95. The van der Waals surface area contributed by atoms with Crippen molar-refractivity contribution in [1.29, 1.82) is 0 Å². The lowest BCUT2D eigenvalue weighted by Gasteiger charge is -2.08. The van der Waals surface area contributed by atoms with Crippen molar-refractivity contribution < 1.29 is 9.37 Å². The molecule has 2 heterocycles. The van der Waals surface area contributed by atoms with Crippen LogP contribution >= 0.6 is 22.6 Å². The number of rotatable bonds is 3. The van der Waals surface area contributed by atoms with E-state index in [1.54, 1.807) is 7.11 Å². The minimum absolute atomic E-state index is 0.351. The van der Waals surface area contributed by atoms with Crippen LogP contribution in [0.5, 0.6) is 5.88 Å². The van der Waals surface area contributed by atoms with E-state index in [2.05, 4.69) is 72.6 Å². The van der Waals surface area contributed by atoms with Crippen LogP contribution in [0, 0.1) is 10.5 Å². The van der Waals surface area contributed by atoms with Gasteiger partial charge in [0.1, 0.15) is 5.69 Å². The Morgan fingerprint density at radius 2 is 1.95 bits per heavy atom. The molecule has 2 aromatic heterocycles. The van der Waals surface area contributed by atoms with Crippen molar-refractivity contribution in [1.82, 2.24) is 20.3 Å². The molecule has 0 atom stereocenters. The van der Waals surface area contributed by atoms with E-state index in [0.29, 0.717) is 23.6 Å². The summed E-state index contributed by atoms with van der Waals surface area (Å²) < 4.78 is 11.1. The summed E-state index contributed by atoms with van der Waals surface area (Å²) in [7, 11) is 1.56. The summed E-state index contributed by atoms with van der Waals surface area (Å²) in [6, 6.07) is 6.29. The normalized spacial score (nSPS) is 10.9. The first-order valence-corrected chi connectivity index (χ1v) is 7.03. The van der Waals surface area contributed by atoms with Crippen LogP contribution in [0.1, 0.15) is 16.8 Å². The highest BCUT2D eigenvalue weighted by Crippen LogP contribution is 2.23. The summed E-state index contributed by atoms with van der Waals surface area (Å²) >= 11 is 2.32. The quantitative estimate of drug-likeness (QED) is 0.649. The van der Waals surface area contributed by atoms with Gasteiger partial charge in [0.25, 0.3) is 0 Å². The van der Waals surface area contributed by atoms with Crippen molar-refractivity contribution >= 4 is 33.9 Å². The van der Waals surface area contributed by atoms with Crippen molar-refractivity contribution in [2.75, 3.05) is 7.11 Å². The molecule has 0 fully saturated rings. The molecule has 6 nitrogen and oxygen atoms in total. The Morgan fingerprint density at radius 3 is 2.65 bits per heavy atom. The van der Waals surface area contributed by atoms with Crippen molar-refractivity contribution in [3.8, 4) is 5.88 Å². The standard InChI is InChI=1S/C13H11IN4O2/c1-7-3-4-8(9(14)5-7)6-10-13(19-2)16-12-11(15-10)17-20-18-12/h3-5H,6H2,1-2H3. The number of benzene rings is 1. The number of ether oxygens (including phenoxy) is 1. The molecule has 0 aliphatic carbocycles. The smallest absolute Gasteiger partial charge is 0.246 e. The zero-order valence-corrected chi connectivity index (χ0v) is 13.1. The van der Waals surface area contributed by atoms with Gasteiger partial charge in [-0.05, 0) is 51.5 Å². The van der Waals surface area contributed by atoms with Crippen molar-refractivity contribution in [3.05, 3.63) is 38.6 Å². The van der Waals surface area contributed by atoms with Gasteiger partial charge in [-0.15, -0.1) is 0 Å². The third kappa shape index (κ3) is 2.45. The molecule has 0 radical (unpaired) electrons. The number of nitrogens with zero attached hydrogens (tertiary/aromatic N) is 4. The number of halogens is 1. The molecule has 0 saturated heterocycles. The maximum atomic E-state index is 5.27. The molecule has 20 heavy (non-hydrogen) atoms. The Kier molecular flexibility index (Phi) is 3.51. The minimum Gasteiger partial charge on any atom is -0.480 e. The summed E-state index contributed by atoms with van der Waals surface area (Å²) in [6.07, 6.45) is 0.623. The zero-order chi connectivity index (χ0) is 14.1. The fourth-order valence-electron chi connectivity index (χ4n) is 1.91. The van der Waals surface area contributed by atoms with Crippen LogP contribution in [-0.2, 0) is 6.42 Å². The molecule has 1 aromatic carbocycles. The maximum Gasteiger partial charge on any atom is 0.246 e. The summed E-state index contributed by atoms with van der Waals surface area (Å²) in [4.78, 5) is 8.65. The Bertz CT molecular complexity index is 772. The molecule has 7 heteroatoms. The third-order valence-electron chi connectivity index (χ3n) is 2.91. The second-order valence-electron chi connectivity index (χ2n) is 4.36. The van der Waals surface area contributed by atoms with Gasteiger partial charge >= 0.3 is 0 Å². The highest BCUT2D eigenvalue weighted by Gasteiger charge is 2.14. The van der Waals surface area contributed by atoms with E-state index >= 15 is 0 Å². The predicted molar refractivity (Wildman–Crippen MR) is 80.6 cm³/mol. The number of methoxy groups -OCH3 is 1. The molecule has 3 rings (SSSR count). The molecule has 0 aliphatic heterocycles. The number of aryl methyl sites for hydroxylation is 1. The maximum absolute atomic E-state index is 5.27. The lowest BCUT2D eigenvalue weighted by molar-refractivity contribution is 0.313. The van der Waals surface area contributed by atoms with Crippen LogP contribution < -0.4 is 4.74 Å². The van der Waals surface area contributed by atoms with Gasteiger partial charge in [0.2, 0.25) is 17.2 Å². The zero-order valence-electron chi connectivity index (χ0n) is 10.9. The molecule has 3 aromatic rings. The SMILES string of the molecule is COc1nc2nonc2nc1Cc1ccc(C)cc1I. The van der Waals surface area contributed by atoms with Crippen molar-refractivity contribution in [2.24, 2.45) is 0 Å². The minimum atomic E-state index is 0.351. The summed E-state index contributed by atoms with van der Waals surface area (Å²) in [6.45, 7) is 2.07.